The fourth-order valence-corrected chi connectivity index (χ4v) is 3.78. The third-order valence-electron chi connectivity index (χ3n) is 5.74. The minimum atomic E-state index is -0.275. The van der Waals surface area contributed by atoms with Crippen LogP contribution in [0.25, 0.3) is 22.5 Å². The Kier molecular flexibility index (Phi) is 9.11. The highest BCUT2D eigenvalue weighted by Gasteiger charge is 2.35. The Balaban J connectivity index is 0.000000243. The lowest BCUT2D eigenvalue weighted by atomic mass is 10.1. The molecule has 0 radical (unpaired) electrons. The van der Waals surface area contributed by atoms with Gasteiger partial charge in [-0.2, -0.15) is 0 Å². The van der Waals surface area contributed by atoms with Gasteiger partial charge in [-0.15, -0.1) is 24.8 Å². The number of halogens is 2. The molecule has 0 bridgehead atoms. The maximum Gasteiger partial charge on any atom is 0.263 e. The van der Waals surface area contributed by atoms with Gasteiger partial charge in [0.2, 0.25) is 0 Å². The molecule has 0 saturated carbocycles. The number of rotatable bonds is 4. The number of amides is 2. The van der Waals surface area contributed by atoms with E-state index in [0.29, 0.717) is 11.1 Å². The van der Waals surface area contributed by atoms with Gasteiger partial charge in [-0.1, -0.05) is 12.1 Å². The summed E-state index contributed by atoms with van der Waals surface area (Å²) in [6, 6.07) is 14.7. The van der Waals surface area contributed by atoms with E-state index in [2.05, 4.69) is 24.9 Å². The number of pyridine rings is 2. The molecule has 5 heterocycles. The van der Waals surface area contributed by atoms with Crippen LogP contribution in [0.1, 0.15) is 32.1 Å². The number of hydrogen-bond acceptors (Lipinski definition) is 6. The van der Waals surface area contributed by atoms with Crippen molar-refractivity contribution >= 4 is 36.6 Å². The summed E-state index contributed by atoms with van der Waals surface area (Å²) in [6.45, 7) is 4.03. The number of carbonyl (C=O) groups excluding carboxylic acids is 2. The van der Waals surface area contributed by atoms with Crippen LogP contribution in [0, 0.1) is 13.8 Å². The maximum atomic E-state index is 12.4. The Morgan fingerprint density at radius 1 is 0.763 bits per heavy atom. The third-order valence-corrected chi connectivity index (χ3v) is 5.74. The van der Waals surface area contributed by atoms with Gasteiger partial charge in [0, 0.05) is 41.1 Å². The third kappa shape index (κ3) is 5.96. The molecule has 0 spiro atoms. The summed E-state index contributed by atoms with van der Waals surface area (Å²) < 4.78 is 1.72. The molecule has 4 aromatic heterocycles. The molecule has 11 heteroatoms. The number of H-pyrrole nitrogens is 1. The molecule has 194 valence electrons. The molecule has 0 unspecified atom stereocenters. The molecule has 0 saturated heterocycles. The quantitative estimate of drug-likeness (QED) is 0.311. The molecule has 1 aromatic carbocycles. The van der Waals surface area contributed by atoms with Crippen molar-refractivity contribution in [1.82, 2.24) is 34.4 Å². The Morgan fingerprint density at radius 3 is 1.89 bits per heavy atom. The summed E-state index contributed by atoms with van der Waals surface area (Å²) in [4.78, 5) is 45.7. The van der Waals surface area contributed by atoms with E-state index >= 15 is 0 Å². The Labute approximate surface area is 231 Å². The molecule has 0 atom stereocenters. The number of aryl methyl sites for hydroxylation is 2. The van der Waals surface area contributed by atoms with Gasteiger partial charge in [0.05, 0.1) is 41.4 Å². The van der Waals surface area contributed by atoms with E-state index in [9.17, 15) is 9.59 Å². The molecule has 0 aliphatic carbocycles. The summed E-state index contributed by atoms with van der Waals surface area (Å²) in [5.74, 6) is -0.550. The smallest absolute Gasteiger partial charge is 0.263 e. The summed E-state index contributed by atoms with van der Waals surface area (Å²) in [5.41, 5.74) is 6.57. The first kappa shape index (κ1) is 28.2. The lowest BCUT2D eigenvalue weighted by molar-refractivity contribution is 0.0606. The van der Waals surface area contributed by atoms with Crippen LogP contribution < -0.4 is 0 Å². The number of imidazole rings is 2. The van der Waals surface area contributed by atoms with E-state index in [1.807, 2.05) is 44.3 Å². The van der Waals surface area contributed by atoms with Crippen molar-refractivity contribution in [1.29, 1.82) is 0 Å². The number of fused-ring (bicyclic) bond motifs is 1. The van der Waals surface area contributed by atoms with Gasteiger partial charge in [-0.3, -0.25) is 24.5 Å². The van der Waals surface area contributed by atoms with Crippen molar-refractivity contribution in [2.75, 3.05) is 0 Å². The predicted molar refractivity (Wildman–Crippen MR) is 148 cm³/mol. The molecular formula is C27H25Cl2N7O2. The summed E-state index contributed by atoms with van der Waals surface area (Å²) in [5, 5.41) is 0. The summed E-state index contributed by atoms with van der Waals surface area (Å²) >= 11 is 0. The molecular weight excluding hydrogens is 525 g/mol. The predicted octanol–water partition coefficient (Wildman–Crippen LogP) is 5.13. The molecule has 9 nitrogen and oxygen atoms in total. The molecule has 1 N–H and O–H groups in total. The first-order chi connectivity index (χ1) is 17.5. The maximum absolute atomic E-state index is 12.4. The number of carbonyl (C=O) groups is 2. The van der Waals surface area contributed by atoms with Crippen molar-refractivity contribution in [3.05, 3.63) is 108 Å². The number of nitrogens with zero attached hydrogens (tertiary/aromatic N) is 6. The monoisotopic (exact) mass is 549 g/mol. The van der Waals surface area contributed by atoms with E-state index in [1.54, 1.807) is 60.1 Å². The second kappa shape index (κ2) is 12.3. The van der Waals surface area contributed by atoms with Crippen LogP contribution in [0.5, 0.6) is 0 Å². The topological polar surface area (TPSA) is 110 Å². The fourth-order valence-electron chi connectivity index (χ4n) is 3.78. The van der Waals surface area contributed by atoms with Crippen LogP contribution in [0.4, 0.5) is 0 Å². The van der Waals surface area contributed by atoms with Gasteiger partial charge < -0.3 is 9.55 Å². The summed E-state index contributed by atoms with van der Waals surface area (Å²) in [6.07, 6.45) is 10.4. The van der Waals surface area contributed by atoms with E-state index in [-0.39, 0.29) is 43.3 Å². The van der Waals surface area contributed by atoms with Crippen LogP contribution in [0.15, 0.2) is 86.0 Å². The highest BCUT2D eigenvalue weighted by molar-refractivity contribution is 6.21. The zero-order valence-corrected chi connectivity index (χ0v) is 22.2. The molecule has 5 aromatic rings. The van der Waals surface area contributed by atoms with Gasteiger partial charge in [-0.05, 0) is 50.2 Å². The molecule has 1 aliphatic heterocycles. The number of hydrogen-bond donors (Lipinski definition) is 1. The van der Waals surface area contributed by atoms with Gasteiger partial charge in [0.1, 0.15) is 6.67 Å². The number of aromatic nitrogens is 6. The number of nitrogens with one attached hydrogen (secondary N) is 1. The van der Waals surface area contributed by atoms with Gasteiger partial charge >= 0.3 is 0 Å². The summed E-state index contributed by atoms with van der Waals surface area (Å²) in [7, 11) is 0. The normalized spacial score (nSPS) is 11.7. The second-order valence-corrected chi connectivity index (χ2v) is 8.34. The minimum absolute atomic E-state index is 0. The Morgan fingerprint density at radius 2 is 1.37 bits per heavy atom. The second-order valence-electron chi connectivity index (χ2n) is 8.34. The first-order valence-corrected chi connectivity index (χ1v) is 11.3. The Hall–Kier alpha value is -4.34. The van der Waals surface area contributed by atoms with Crippen LogP contribution in [0.2, 0.25) is 0 Å². The van der Waals surface area contributed by atoms with Crippen molar-refractivity contribution in [2.45, 2.75) is 20.5 Å². The van der Waals surface area contributed by atoms with Gasteiger partial charge in [0.15, 0.2) is 0 Å². The van der Waals surface area contributed by atoms with Crippen molar-refractivity contribution < 1.29 is 9.59 Å². The van der Waals surface area contributed by atoms with Crippen molar-refractivity contribution in [3.63, 3.8) is 0 Å². The fraction of sp³-hybridized carbons (Fsp3) is 0.111. The van der Waals surface area contributed by atoms with E-state index in [4.69, 9.17) is 0 Å². The average Bonchev–Trinajstić information content (AvgIpc) is 3.65. The lowest BCUT2D eigenvalue weighted by Crippen LogP contribution is -2.31. The van der Waals surface area contributed by atoms with Gasteiger partial charge in [-0.25, -0.2) is 9.97 Å². The van der Waals surface area contributed by atoms with E-state index < -0.39 is 0 Å². The molecule has 0 fully saturated rings. The van der Waals surface area contributed by atoms with Gasteiger partial charge in [0.25, 0.3) is 11.8 Å². The molecule has 38 heavy (non-hydrogen) atoms. The molecule has 2 amide bonds. The van der Waals surface area contributed by atoms with Crippen LogP contribution in [-0.4, -0.2) is 46.2 Å². The SMILES string of the molecule is Cc1ccc(-c2cn(CN3C(=O)c4ccccc4C3=O)cn2)cn1.Cc1ccc(-c2cnc[nH]2)cn1.Cl.Cl. The zero-order valence-electron chi connectivity index (χ0n) is 20.6. The zero-order chi connectivity index (χ0) is 25.1. The first-order valence-electron chi connectivity index (χ1n) is 11.3. The standard InChI is InChI=1S/C18H14N4O2.C9H9N3.2ClH/c1-12-6-7-13(8-19-12)16-9-21(10-20-16)11-22-17(23)14-4-2-3-5-15(14)18(22)24;1-7-2-3-8(4-11-7)9-5-10-6-12-9;;/h2-10H,11H2,1H3;2-6H,1H3,(H,10,12);2*1H. The Bertz CT molecular complexity index is 1480. The molecule has 1 aliphatic rings. The average molecular weight is 550 g/mol. The number of aromatic amines is 1. The van der Waals surface area contributed by atoms with Crippen LogP contribution >= 0.6 is 24.8 Å². The highest BCUT2D eigenvalue weighted by atomic mass is 35.5. The number of benzene rings is 1. The van der Waals surface area contributed by atoms with Crippen LogP contribution in [-0.2, 0) is 6.67 Å². The highest BCUT2D eigenvalue weighted by Crippen LogP contribution is 2.23. The van der Waals surface area contributed by atoms with Crippen molar-refractivity contribution in [2.24, 2.45) is 0 Å². The number of imide groups is 1. The van der Waals surface area contributed by atoms with E-state index in [0.717, 1.165) is 33.9 Å². The van der Waals surface area contributed by atoms with Crippen molar-refractivity contribution in [3.8, 4) is 22.5 Å². The largest absolute Gasteiger partial charge is 0.345 e. The minimum Gasteiger partial charge on any atom is -0.345 e. The lowest BCUT2D eigenvalue weighted by Gasteiger charge is -2.13. The molecule has 6 rings (SSSR count). The van der Waals surface area contributed by atoms with Crippen LogP contribution in [0.3, 0.4) is 0 Å². The van der Waals surface area contributed by atoms with E-state index in [1.165, 1.54) is 4.90 Å².